The molecular weight excluding hydrogens is 485 g/mol. The lowest BCUT2D eigenvalue weighted by Crippen LogP contribution is -2.32. The molecule has 0 radical (unpaired) electrons. The van der Waals surface area contributed by atoms with Crippen LogP contribution in [0.1, 0.15) is 49.3 Å². The Bertz CT molecular complexity index is 970. The summed E-state index contributed by atoms with van der Waals surface area (Å²) in [7, 11) is 0. The van der Waals surface area contributed by atoms with Gasteiger partial charge in [0.2, 0.25) is 0 Å². The highest BCUT2D eigenvalue weighted by molar-refractivity contribution is 14.1. The number of rotatable bonds is 8. The zero-order valence-corrected chi connectivity index (χ0v) is 19.2. The summed E-state index contributed by atoms with van der Waals surface area (Å²) in [4.78, 5) is 20.0. The van der Waals surface area contributed by atoms with Crippen LogP contribution in [0.25, 0.3) is 11.0 Å². The molecule has 2 aromatic carbocycles. The lowest BCUT2D eigenvalue weighted by Gasteiger charge is -2.23. The van der Waals surface area contributed by atoms with E-state index in [-0.39, 0.29) is 5.91 Å². The Kier molecular flexibility index (Phi) is 7.35. The minimum absolute atomic E-state index is 0.0557. The normalized spacial score (nSPS) is 11.1. The third-order valence-corrected chi connectivity index (χ3v) is 5.62. The second kappa shape index (κ2) is 9.74. The second-order valence-electron chi connectivity index (χ2n) is 6.90. The molecule has 0 aliphatic heterocycles. The van der Waals surface area contributed by atoms with Crippen molar-refractivity contribution in [2.45, 2.75) is 46.2 Å². The zero-order valence-electron chi connectivity index (χ0n) is 16.3. The first-order valence-corrected chi connectivity index (χ1v) is 11.2. The quantitative estimate of drug-likeness (QED) is 0.342. The fourth-order valence-corrected chi connectivity index (χ4v) is 4.03. The third-order valence-electron chi connectivity index (χ3n) is 4.71. The van der Waals surface area contributed by atoms with Crippen LogP contribution in [0.15, 0.2) is 42.5 Å². The molecule has 0 saturated carbocycles. The number of hydrogen-bond donors (Lipinski definition) is 0. The molecule has 0 bridgehead atoms. The Morgan fingerprint density at radius 2 is 2.00 bits per heavy atom. The maximum absolute atomic E-state index is 13.2. The first-order valence-electron chi connectivity index (χ1n) is 9.73. The van der Waals surface area contributed by atoms with E-state index in [2.05, 4.69) is 41.0 Å². The van der Waals surface area contributed by atoms with Crippen LogP contribution in [0.5, 0.6) is 0 Å². The molecule has 28 heavy (non-hydrogen) atoms. The van der Waals surface area contributed by atoms with Crippen molar-refractivity contribution >= 4 is 51.1 Å². The summed E-state index contributed by atoms with van der Waals surface area (Å²) >= 11 is 8.46. The lowest BCUT2D eigenvalue weighted by atomic mass is 10.2. The summed E-state index contributed by atoms with van der Waals surface area (Å²) in [6.07, 6.45) is 3.00. The van der Waals surface area contributed by atoms with Crippen molar-refractivity contribution in [3.05, 3.63) is 62.4 Å². The van der Waals surface area contributed by atoms with Crippen molar-refractivity contribution in [2.75, 3.05) is 6.54 Å². The Morgan fingerprint density at radius 3 is 2.71 bits per heavy atom. The van der Waals surface area contributed by atoms with E-state index in [1.165, 1.54) is 0 Å². The highest BCUT2D eigenvalue weighted by atomic mass is 127. The molecule has 148 valence electrons. The second-order valence-corrected chi connectivity index (χ2v) is 8.59. The van der Waals surface area contributed by atoms with Crippen LogP contribution in [0.4, 0.5) is 0 Å². The smallest absolute Gasteiger partial charge is 0.254 e. The summed E-state index contributed by atoms with van der Waals surface area (Å²) < 4.78 is 3.26. The average Bonchev–Trinajstić information content (AvgIpc) is 3.01. The van der Waals surface area contributed by atoms with E-state index in [4.69, 9.17) is 16.6 Å². The molecule has 1 amide bonds. The lowest BCUT2D eigenvalue weighted by molar-refractivity contribution is 0.0734. The molecule has 0 unspecified atom stereocenters. The van der Waals surface area contributed by atoms with Gasteiger partial charge in [0.15, 0.2) is 0 Å². The molecule has 4 nitrogen and oxygen atoms in total. The van der Waals surface area contributed by atoms with Crippen molar-refractivity contribution < 1.29 is 4.79 Å². The predicted molar refractivity (Wildman–Crippen MR) is 124 cm³/mol. The number of fused-ring (bicyclic) bond motifs is 1. The van der Waals surface area contributed by atoms with Gasteiger partial charge in [-0.15, -0.1) is 0 Å². The molecule has 3 rings (SSSR count). The molecule has 0 N–H and O–H groups in total. The number of halogens is 2. The van der Waals surface area contributed by atoms with Crippen molar-refractivity contribution in [2.24, 2.45) is 0 Å². The Morgan fingerprint density at radius 1 is 1.18 bits per heavy atom. The highest BCUT2D eigenvalue weighted by Gasteiger charge is 2.20. The zero-order chi connectivity index (χ0) is 20.1. The highest BCUT2D eigenvalue weighted by Crippen LogP contribution is 2.23. The van der Waals surface area contributed by atoms with Gasteiger partial charge in [-0.1, -0.05) is 37.9 Å². The van der Waals surface area contributed by atoms with Gasteiger partial charge >= 0.3 is 0 Å². The number of nitrogens with zero attached hydrogens (tertiary/aromatic N) is 3. The molecule has 0 aliphatic rings. The van der Waals surface area contributed by atoms with Gasteiger partial charge in [0.1, 0.15) is 5.82 Å². The standard InChI is InChI=1S/C22H25ClIN3O/c1-3-5-12-26(22(28)16-7-6-8-18(24)13-16)15-21-25-19-10-9-17(23)14-20(19)27(21)11-4-2/h6-10,13-14H,3-5,11-12,15H2,1-2H3. The molecule has 6 heteroatoms. The number of carbonyl (C=O) groups excluding carboxylic acids is 1. The number of imidazole rings is 1. The van der Waals surface area contributed by atoms with Crippen LogP contribution in [0, 0.1) is 3.57 Å². The van der Waals surface area contributed by atoms with Gasteiger partial charge in [0.05, 0.1) is 17.6 Å². The van der Waals surface area contributed by atoms with Gasteiger partial charge in [0.25, 0.3) is 5.91 Å². The summed E-state index contributed by atoms with van der Waals surface area (Å²) in [6.45, 7) is 6.35. The molecule has 1 heterocycles. The first kappa shape index (κ1) is 21.1. The Balaban J connectivity index is 1.96. The van der Waals surface area contributed by atoms with E-state index in [0.29, 0.717) is 11.6 Å². The van der Waals surface area contributed by atoms with Crippen molar-refractivity contribution in [1.29, 1.82) is 0 Å². The van der Waals surface area contributed by atoms with Crippen LogP contribution in [-0.2, 0) is 13.1 Å². The number of aromatic nitrogens is 2. The maximum Gasteiger partial charge on any atom is 0.254 e. The number of benzene rings is 2. The van der Waals surface area contributed by atoms with Gasteiger partial charge in [0, 0.05) is 27.2 Å². The first-order chi connectivity index (χ1) is 13.5. The SMILES string of the molecule is CCCCN(Cc1nc2ccc(Cl)cc2n1CCC)C(=O)c1cccc(I)c1. The number of carbonyl (C=O) groups is 1. The number of unbranched alkanes of at least 4 members (excludes halogenated alkanes) is 1. The summed E-state index contributed by atoms with van der Waals surface area (Å²) in [5.41, 5.74) is 2.68. The van der Waals surface area contributed by atoms with E-state index in [9.17, 15) is 4.79 Å². The fourth-order valence-electron chi connectivity index (χ4n) is 3.32. The number of hydrogen-bond acceptors (Lipinski definition) is 2. The van der Waals surface area contributed by atoms with E-state index in [1.54, 1.807) is 0 Å². The van der Waals surface area contributed by atoms with Crippen LogP contribution >= 0.6 is 34.2 Å². The minimum atomic E-state index is 0.0557. The third kappa shape index (κ3) is 4.87. The summed E-state index contributed by atoms with van der Waals surface area (Å²) in [5.74, 6) is 0.967. The molecule has 0 aliphatic carbocycles. The van der Waals surface area contributed by atoms with Crippen molar-refractivity contribution in [3.8, 4) is 0 Å². The summed E-state index contributed by atoms with van der Waals surface area (Å²) in [5, 5.41) is 0.703. The minimum Gasteiger partial charge on any atom is -0.331 e. The maximum atomic E-state index is 13.2. The van der Waals surface area contributed by atoms with Crippen molar-refractivity contribution in [3.63, 3.8) is 0 Å². The Hall–Kier alpha value is -1.60. The molecule has 1 aromatic heterocycles. The number of amides is 1. The van der Waals surface area contributed by atoms with E-state index in [0.717, 1.165) is 58.3 Å². The van der Waals surface area contributed by atoms with Crippen LogP contribution < -0.4 is 0 Å². The van der Waals surface area contributed by atoms with Crippen molar-refractivity contribution in [1.82, 2.24) is 14.5 Å². The van der Waals surface area contributed by atoms with E-state index >= 15 is 0 Å². The van der Waals surface area contributed by atoms with Crippen LogP contribution in [0.2, 0.25) is 5.02 Å². The molecule has 0 fully saturated rings. The van der Waals surface area contributed by atoms with Gasteiger partial charge in [-0.2, -0.15) is 0 Å². The fraction of sp³-hybridized carbons (Fsp3) is 0.364. The molecule has 0 spiro atoms. The van der Waals surface area contributed by atoms with Gasteiger partial charge in [-0.05, 0) is 71.8 Å². The van der Waals surface area contributed by atoms with Gasteiger partial charge < -0.3 is 9.47 Å². The van der Waals surface area contributed by atoms with Crippen LogP contribution in [0.3, 0.4) is 0 Å². The number of aryl methyl sites for hydroxylation is 1. The molecular formula is C22H25ClIN3O. The van der Waals surface area contributed by atoms with Gasteiger partial charge in [-0.3, -0.25) is 4.79 Å². The van der Waals surface area contributed by atoms with Gasteiger partial charge in [-0.25, -0.2) is 4.98 Å². The largest absolute Gasteiger partial charge is 0.331 e. The topological polar surface area (TPSA) is 38.1 Å². The van der Waals surface area contributed by atoms with E-state index in [1.807, 2.05) is 47.4 Å². The predicted octanol–water partition coefficient (Wildman–Crippen LogP) is 6.15. The Labute approximate surface area is 185 Å². The molecule has 0 atom stereocenters. The average molecular weight is 510 g/mol. The molecule has 0 saturated heterocycles. The molecule has 3 aromatic rings. The van der Waals surface area contributed by atoms with E-state index < -0.39 is 0 Å². The summed E-state index contributed by atoms with van der Waals surface area (Å²) in [6, 6.07) is 13.5. The van der Waals surface area contributed by atoms with Crippen LogP contribution in [-0.4, -0.2) is 26.9 Å². The monoisotopic (exact) mass is 509 g/mol.